The predicted octanol–water partition coefficient (Wildman–Crippen LogP) is 3.07. The van der Waals surface area contributed by atoms with Crippen LogP contribution in [0.2, 0.25) is 0 Å². The van der Waals surface area contributed by atoms with Crippen molar-refractivity contribution < 1.29 is 0 Å². The molecular weight excluding hydrogens is 298 g/mol. The largest absolute Gasteiger partial charge is 0.352 e. The van der Waals surface area contributed by atoms with Crippen molar-refractivity contribution in [3.63, 3.8) is 0 Å². The molecule has 0 spiro atoms. The summed E-state index contributed by atoms with van der Waals surface area (Å²) >= 11 is 0. The van der Waals surface area contributed by atoms with E-state index < -0.39 is 0 Å². The van der Waals surface area contributed by atoms with Crippen LogP contribution in [0.4, 0.5) is 0 Å². The Morgan fingerprint density at radius 3 is 2.50 bits per heavy atom. The van der Waals surface area contributed by atoms with Crippen LogP contribution >= 0.6 is 0 Å². The van der Waals surface area contributed by atoms with E-state index in [-0.39, 0.29) is 5.54 Å². The minimum atomic E-state index is 0.100. The fraction of sp³-hybridized carbons (Fsp3) is 0.474. The molecule has 5 heteroatoms. The maximum atomic E-state index is 4.46. The van der Waals surface area contributed by atoms with Crippen LogP contribution in [-0.4, -0.2) is 39.8 Å². The van der Waals surface area contributed by atoms with Gasteiger partial charge in [0.05, 0.1) is 11.9 Å². The van der Waals surface area contributed by atoms with Crippen molar-refractivity contribution >= 4 is 5.96 Å². The molecule has 128 valence electrons. The third-order valence-corrected chi connectivity index (χ3v) is 5.46. The number of nitrogens with one attached hydrogen (secondary N) is 1. The number of hydrogen-bond donors (Lipinski definition) is 1. The van der Waals surface area contributed by atoms with Crippen molar-refractivity contribution in [3.05, 3.63) is 48.3 Å². The highest BCUT2D eigenvalue weighted by atomic mass is 15.4. The van der Waals surface area contributed by atoms with E-state index in [4.69, 9.17) is 0 Å². The van der Waals surface area contributed by atoms with E-state index in [1.54, 1.807) is 0 Å². The summed E-state index contributed by atoms with van der Waals surface area (Å²) in [6.45, 7) is 10.9. The van der Waals surface area contributed by atoms with Gasteiger partial charge in [0.1, 0.15) is 0 Å². The lowest BCUT2D eigenvalue weighted by molar-refractivity contribution is -0.0667. The number of rotatable bonds is 3. The number of hydrogen-bond acceptors (Lipinski definition) is 2. The molecule has 0 unspecified atom stereocenters. The van der Waals surface area contributed by atoms with Crippen LogP contribution in [0.25, 0.3) is 5.69 Å². The van der Waals surface area contributed by atoms with Crippen LogP contribution in [0.1, 0.15) is 33.3 Å². The molecule has 0 aliphatic carbocycles. The van der Waals surface area contributed by atoms with Crippen LogP contribution < -0.4 is 5.32 Å². The number of guanidine groups is 1. The minimum Gasteiger partial charge on any atom is -0.352 e. The number of likely N-dealkylation sites (tertiary alicyclic amines) is 1. The third kappa shape index (κ3) is 2.79. The van der Waals surface area contributed by atoms with Gasteiger partial charge in [0.2, 0.25) is 0 Å². The Morgan fingerprint density at radius 2 is 1.92 bits per heavy atom. The van der Waals surface area contributed by atoms with E-state index in [2.05, 4.69) is 54.2 Å². The number of para-hydroxylation sites is 1. The van der Waals surface area contributed by atoms with Crippen molar-refractivity contribution in [1.82, 2.24) is 20.0 Å². The van der Waals surface area contributed by atoms with Crippen LogP contribution in [0.3, 0.4) is 0 Å². The van der Waals surface area contributed by atoms with Gasteiger partial charge in [-0.25, -0.2) is 4.68 Å². The lowest BCUT2D eigenvalue weighted by Gasteiger charge is -2.62. The average molecular weight is 325 g/mol. The van der Waals surface area contributed by atoms with E-state index in [1.807, 2.05) is 48.3 Å². The summed E-state index contributed by atoms with van der Waals surface area (Å²) in [7, 11) is 1.84. The highest BCUT2D eigenvalue weighted by Crippen LogP contribution is 2.46. The molecule has 0 bridgehead atoms. The Labute approximate surface area is 144 Å². The SMILES string of the molecule is CN=C(NCc1cnn(-c2ccccc2)c1)N1CC(C)(C)C1(C)C. The summed E-state index contributed by atoms with van der Waals surface area (Å²) in [6.07, 6.45) is 3.96. The summed E-state index contributed by atoms with van der Waals surface area (Å²) in [5.41, 5.74) is 2.60. The maximum Gasteiger partial charge on any atom is 0.194 e. The molecule has 0 atom stereocenters. The number of aromatic nitrogens is 2. The highest BCUT2D eigenvalue weighted by Gasteiger charge is 2.53. The molecule has 1 aromatic carbocycles. The van der Waals surface area contributed by atoms with E-state index in [0.717, 1.165) is 23.8 Å². The smallest absolute Gasteiger partial charge is 0.194 e. The molecule has 0 amide bonds. The molecule has 0 saturated carbocycles. The van der Waals surface area contributed by atoms with Gasteiger partial charge in [-0.15, -0.1) is 0 Å². The molecule has 2 heterocycles. The zero-order valence-corrected chi connectivity index (χ0v) is 15.2. The van der Waals surface area contributed by atoms with Crippen LogP contribution in [0.15, 0.2) is 47.7 Å². The second-order valence-electron chi connectivity index (χ2n) is 7.56. The standard InChI is InChI=1S/C19H27N5/c1-18(2)14-23(19(18,3)4)17(20-5)21-11-15-12-22-24(13-15)16-9-7-6-8-10-16/h6-10,12-13H,11,14H2,1-5H3,(H,20,21). The van der Waals surface area contributed by atoms with E-state index in [9.17, 15) is 0 Å². The summed E-state index contributed by atoms with van der Waals surface area (Å²) in [5.74, 6) is 0.951. The van der Waals surface area contributed by atoms with Gasteiger partial charge < -0.3 is 10.2 Å². The Bertz CT molecular complexity index is 727. The van der Waals surface area contributed by atoms with Crippen LogP contribution in [0.5, 0.6) is 0 Å². The van der Waals surface area contributed by atoms with Crippen molar-refractivity contribution in [2.24, 2.45) is 10.4 Å². The zero-order chi connectivity index (χ0) is 17.4. The predicted molar refractivity (Wildman–Crippen MR) is 98.3 cm³/mol. The Morgan fingerprint density at radius 1 is 1.21 bits per heavy atom. The molecule has 3 rings (SSSR count). The van der Waals surface area contributed by atoms with Gasteiger partial charge in [0.15, 0.2) is 5.96 Å². The number of aliphatic imine (C=N–C) groups is 1. The molecule has 0 radical (unpaired) electrons. The van der Waals surface area contributed by atoms with Crippen molar-refractivity contribution in [2.45, 2.75) is 39.8 Å². The van der Waals surface area contributed by atoms with Gasteiger partial charge in [-0.05, 0) is 26.0 Å². The van der Waals surface area contributed by atoms with Gasteiger partial charge in [-0.1, -0.05) is 32.0 Å². The van der Waals surface area contributed by atoms with Crippen molar-refractivity contribution in [2.75, 3.05) is 13.6 Å². The van der Waals surface area contributed by atoms with E-state index >= 15 is 0 Å². The monoisotopic (exact) mass is 325 g/mol. The molecule has 2 aromatic rings. The molecule has 1 aromatic heterocycles. The van der Waals surface area contributed by atoms with Gasteiger partial charge in [-0.3, -0.25) is 4.99 Å². The fourth-order valence-electron chi connectivity index (χ4n) is 3.05. The average Bonchev–Trinajstić information content (AvgIpc) is 3.04. The first kappa shape index (κ1) is 16.6. The topological polar surface area (TPSA) is 45.5 Å². The molecular formula is C19H27N5. The van der Waals surface area contributed by atoms with E-state index in [1.165, 1.54) is 0 Å². The molecule has 1 saturated heterocycles. The molecule has 1 N–H and O–H groups in total. The number of nitrogens with zero attached hydrogens (tertiary/aromatic N) is 4. The summed E-state index contributed by atoms with van der Waals surface area (Å²) in [5, 5.41) is 7.91. The second kappa shape index (κ2) is 5.96. The molecule has 1 fully saturated rings. The molecule has 5 nitrogen and oxygen atoms in total. The Kier molecular flexibility index (Phi) is 4.11. The fourth-order valence-corrected chi connectivity index (χ4v) is 3.05. The third-order valence-electron chi connectivity index (χ3n) is 5.46. The maximum absolute atomic E-state index is 4.46. The lowest BCUT2D eigenvalue weighted by atomic mass is 9.65. The van der Waals surface area contributed by atoms with Crippen LogP contribution in [0, 0.1) is 5.41 Å². The van der Waals surface area contributed by atoms with Crippen molar-refractivity contribution in [3.8, 4) is 5.69 Å². The quantitative estimate of drug-likeness (QED) is 0.697. The second-order valence-corrected chi connectivity index (χ2v) is 7.56. The molecule has 1 aliphatic heterocycles. The summed E-state index contributed by atoms with van der Waals surface area (Å²) < 4.78 is 1.90. The first-order valence-electron chi connectivity index (χ1n) is 8.42. The van der Waals surface area contributed by atoms with E-state index in [0.29, 0.717) is 12.0 Å². The summed E-state index contributed by atoms with van der Waals surface area (Å²) in [4.78, 5) is 6.80. The van der Waals surface area contributed by atoms with Gasteiger partial charge >= 0.3 is 0 Å². The first-order chi connectivity index (χ1) is 11.3. The Hall–Kier alpha value is -2.30. The highest BCUT2D eigenvalue weighted by molar-refractivity contribution is 5.82. The Balaban J connectivity index is 1.65. The molecule has 24 heavy (non-hydrogen) atoms. The first-order valence-corrected chi connectivity index (χ1v) is 8.42. The van der Waals surface area contributed by atoms with Crippen LogP contribution in [-0.2, 0) is 6.54 Å². The number of benzene rings is 1. The minimum absolute atomic E-state index is 0.100. The zero-order valence-electron chi connectivity index (χ0n) is 15.2. The van der Waals surface area contributed by atoms with Gasteiger partial charge in [0, 0.05) is 42.9 Å². The lowest BCUT2D eigenvalue weighted by Crippen LogP contribution is -2.72. The molecule has 1 aliphatic rings. The summed E-state index contributed by atoms with van der Waals surface area (Å²) in [6, 6.07) is 10.1. The van der Waals surface area contributed by atoms with Crippen molar-refractivity contribution in [1.29, 1.82) is 0 Å². The van der Waals surface area contributed by atoms with Gasteiger partial charge in [0.25, 0.3) is 0 Å². The normalized spacial score (nSPS) is 19.0. The van der Waals surface area contributed by atoms with Gasteiger partial charge in [-0.2, -0.15) is 5.10 Å².